The fourth-order valence-electron chi connectivity index (χ4n) is 5.15. The molecular weight excluding hydrogens is 462 g/mol. The molecule has 5 rings (SSSR count). The minimum Gasteiger partial charge on any atom is -0.351 e. The lowest BCUT2D eigenvalue weighted by molar-refractivity contribution is 0.0945. The molecule has 2 nitrogen and oxygen atoms in total. The van der Waals surface area contributed by atoms with E-state index in [1.807, 2.05) is 42.5 Å². The molecule has 0 bridgehead atoms. The van der Waals surface area contributed by atoms with E-state index in [4.69, 9.17) is 0 Å². The monoisotopic (exact) mass is 495 g/mol. The summed E-state index contributed by atoms with van der Waals surface area (Å²) in [6.45, 7) is 4.94. The summed E-state index contributed by atoms with van der Waals surface area (Å²) in [5, 5.41) is 3.20. The highest BCUT2D eigenvalue weighted by molar-refractivity contribution is 5.94. The van der Waals surface area contributed by atoms with Crippen molar-refractivity contribution in [1.29, 1.82) is 0 Å². The molecule has 5 aromatic rings. The third-order valence-corrected chi connectivity index (χ3v) is 7.21. The maximum atomic E-state index is 13.1. The quantitative estimate of drug-likeness (QED) is 0.216. The standard InChI is InChI=1S/C36H33NO/c1-36(2,26-37-35(38)31-24-22-28(23-25-31)27-14-6-3-7-15-27)33-21-13-12-20-32(33)34(29-16-8-4-9-17-29)30-18-10-5-11-19-30/h3-25,34H,26H2,1-2H3,(H,37,38). The SMILES string of the molecule is CC(C)(CNC(=O)c1ccc(-c2ccccc2)cc1)c1ccccc1C(c1ccccc1)c1ccccc1. The van der Waals surface area contributed by atoms with Gasteiger partial charge in [0, 0.05) is 23.4 Å². The number of carbonyl (C=O) groups excluding carboxylic acids is 1. The Morgan fingerprint density at radius 3 is 1.66 bits per heavy atom. The molecule has 1 N–H and O–H groups in total. The zero-order chi connectivity index (χ0) is 26.4. The smallest absolute Gasteiger partial charge is 0.251 e. The third-order valence-electron chi connectivity index (χ3n) is 7.21. The summed E-state index contributed by atoms with van der Waals surface area (Å²) in [6.07, 6.45) is 0. The highest BCUT2D eigenvalue weighted by atomic mass is 16.1. The van der Waals surface area contributed by atoms with Gasteiger partial charge in [0.25, 0.3) is 5.91 Å². The van der Waals surface area contributed by atoms with E-state index in [1.54, 1.807) is 0 Å². The lowest BCUT2D eigenvalue weighted by Gasteiger charge is -2.31. The molecule has 0 radical (unpaired) electrons. The molecule has 0 aliphatic heterocycles. The predicted molar refractivity (Wildman–Crippen MR) is 158 cm³/mol. The zero-order valence-corrected chi connectivity index (χ0v) is 22.0. The van der Waals surface area contributed by atoms with Gasteiger partial charge in [-0.05, 0) is 45.5 Å². The van der Waals surface area contributed by atoms with Crippen LogP contribution >= 0.6 is 0 Å². The first kappa shape index (κ1) is 25.2. The highest BCUT2D eigenvalue weighted by Crippen LogP contribution is 2.38. The van der Waals surface area contributed by atoms with E-state index in [0.717, 1.165) is 11.1 Å². The van der Waals surface area contributed by atoms with Crippen molar-refractivity contribution >= 4 is 5.91 Å². The van der Waals surface area contributed by atoms with Crippen molar-refractivity contribution in [3.05, 3.63) is 167 Å². The van der Waals surface area contributed by atoms with Crippen LogP contribution < -0.4 is 5.32 Å². The average molecular weight is 496 g/mol. The van der Waals surface area contributed by atoms with Crippen molar-refractivity contribution in [3.8, 4) is 11.1 Å². The van der Waals surface area contributed by atoms with Crippen molar-refractivity contribution in [2.45, 2.75) is 25.2 Å². The highest BCUT2D eigenvalue weighted by Gasteiger charge is 2.28. The van der Waals surface area contributed by atoms with Gasteiger partial charge in [0.1, 0.15) is 0 Å². The molecule has 0 heterocycles. The Bertz CT molecular complexity index is 1430. The largest absolute Gasteiger partial charge is 0.351 e. The minimum atomic E-state index is -0.280. The fourth-order valence-corrected chi connectivity index (χ4v) is 5.15. The second-order valence-corrected chi connectivity index (χ2v) is 10.4. The van der Waals surface area contributed by atoms with Crippen molar-refractivity contribution in [2.24, 2.45) is 0 Å². The van der Waals surface area contributed by atoms with Crippen LogP contribution in [0.1, 0.15) is 52.4 Å². The molecule has 0 unspecified atom stereocenters. The number of rotatable bonds is 8. The summed E-state index contributed by atoms with van der Waals surface area (Å²) in [5.74, 6) is 0.0481. The van der Waals surface area contributed by atoms with Crippen LogP contribution in [0.2, 0.25) is 0 Å². The average Bonchev–Trinajstić information content (AvgIpc) is 2.98. The first-order valence-corrected chi connectivity index (χ1v) is 13.2. The molecule has 0 saturated heterocycles. The van der Waals surface area contributed by atoms with E-state index >= 15 is 0 Å². The van der Waals surface area contributed by atoms with E-state index in [0.29, 0.717) is 12.1 Å². The van der Waals surface area contributed by atoms with Gasteiger partial charge < -0.3 is 5.32 Å². The molecule has 188 valence electrons. The summed E-state index contributed by atoms with van der Waals surface area (Å²) in [5.41, 5.74) is 7.63. The number of hydrogen-bond acceptors (Lipinski definition) is 1. The van der Waals surface area contributed by atoms with Gasteiger partial charge in [-0.1, -0.05) is 141 Å². The maximum absolute atomic E-state index is 13.1. The van der Waals surface area contributed by atoms with E-state index in [1.165, 1.54) is 22.3 Å². The Morgan fingerprint density at radius 2 is 1.08 bits per heavy atom. The molecule has 38 heavy (non-hydrogen) atoms. The van der Waals surface area contributed by atoms with E-state index in [-0.39, 0.29) is 17.2 Å². The Morgan fingerprint density at radius 1 is 0.605 bits per heavy atom. The third kappa shape index (κ3) is 5.60. The van der Waals surface area contributed by atoms with Gasteiger partial charge in [-0.2, -0.15) is 0 Å². The van der Waals surface area contributed by atoms with Gasteiger partial charge in [-0.3, -0.25) is 4.79 Å². The molecule has 1 amide bonds. The van der Waals surface area contributed by atoms with Crippen LogP contribution in [0.25, 0.3) is 11.1 Å². The minimum absolute atomic E-state index is 0.0576. The van der Waals surface area contributed by atoms with Crippen molar-refractivity contribution in [3.63, 3.8) is 0 Å². The molecule has 0 aliphatic carbocycles. The van der Waals surface area contributed by atoms with Gasteiger partial charge in [-0.15, -0.1) is 0 Å². The van der Waals surface area contributed by atoms with E-state index < -0.39 is 0 Å². The second kappa shape index (κ2) is 11.3. The summed E-state index contributed by atoms with van der Waals surface area (Å²) >= 11 is 0. The van der Waals surface area contributed by atoms with Crippen LogP contribution in [0, 0.1) is 0 Å². The lowest BCUT2D eigenvalue weighted by atomic mass is 9.75. The first-order chi connectivity index (χ1) is 18.5. The Kier molecular flexibility index (Phi) is 7.51. The number of hydrogen-bond donors (Lipinski definition) is 1. The fraction of sp³-hybridized carbons (Fsp3) is 0.139. The van der Waals surface area contributed by atoms with Gasteiger partial charge >= 0.3 is 0 Å². The van der Waals surface area contributed by atoms with Crippen LogP contribution in [-0.2, 0) is 5.41 Å². The van der Waals surface area contributed by atoms with Gasteiger partial charge in [-0.25, -0.2) is 0 Å². The first-order valence-electron chi connectivity index (χ1n) is 13.2. The van der Waals surface area contributed by atoms with Gasteiger partial charge in [0.05, 0.1) is 0 Å². The molecule has 0 aromatic heterocycles. The number of benzene rings is 5. The molecular formula is C36H33NO. The Labute approximate surface area is 226 Å². The van der Waals surface area contributed by atoms with E-state index in [9.17, 15) is 4.79 Å². The van der Waals surface area contributed by atoms with Crippen LogP contribution in [0.4, 0.5) is 0 Å². The summed E-state index contributed by atoms with van der Waals surface area (Å²) in [7, 11) is 0. The second-order valence-electron chi connectivity index (χ2n) is 10.4. The Hall–Kier alpha value is -4.43. The van der Waals surface area contributed by atoms with E-state index in [2.05, 4.69) is 116 Å². The molecule has 0 atom stereocenters. The summed E-state index contributed by atoms with van der Waals surface area (Å²) in [4.78, 5) is 13.1. The Balaban J connectivity index is 1.39. The van der Waals surface area contributed by atoms with Crippen LogP contribution in [-0.4, -0.2) is 12.5 Å². The molecule has 5 aromatic carbocycles. The molecule has 0 saturated carbocycles. The van der Waals surface area contributed by atoms with Crippen molar-refractivity contribution < 1.29 is 4.79 Å². The summed E-state index contributed by atoms with van der Waals surface area (Å²) < 4.78 is 0. The van der Waals surface area contributed by atoms with Crippen molar-refractivity contribution in [1.82, 2.24) is 5.32 Å². The van der Waals surface area contributed by atoms with Crippen LogP contribution in [0.5, 0.6) is 0 Å². The zero-order valence-electron chi connectivity index (χ0n) is 22.0. The molecule has 0 fully saturated rings. The lowest BCUT2D eigenvalue weighted by Crippen LogP contribution is -2.37. The number of carbonyl (C=O) groups is 1. The number of amides is 1. The van der Waals surface area contributed by atoms with Gasteiger partial charge in [0.15, 0.2) is 0 Å². The van der Waals surface area contributed by atoms with Crippen LogP contribution in [0.3, 0.4) is 0 Å². The summed E-state index contributed by atoms with van der Waals surface area (Å²) in [6, 6.07) is 48.0. The van der Waals surface area contributed by atoms with Crippen molar-refractivity contribution in [2.75, 3.05) is 6.54 Å². The molecule has 2 heteroatoms. The maximum Gasteiger partial charge on any atom is 0.251 e. The van der Waals surface area contributed by atoms with Crippen LogP contribution in [0.15, 0.2) is 140 Å². The number of nitrogens with one attached hydrogen (secondary N) is 1. The molecule has 0 spiro atoms. The molecule has 0 aliphatic rings. The van der Waals surface area contributed by atoms with Gasteiger partial charge in [0.2, 0.25) is 0 Å². The topological polar surface area (TPSA) is 29.1 Å². The predicted octanol–water partition coefficient (Wildman–Crippen LogP) is 8.24. The normalized spacial score (nSPS) is 11.3.